The Kier molecular flexibility index (Phi) is 12.0. The molecule has 0 amide bonds. The molecule has 13 heteroatoms. The SMILES string of the molecule is O=C(c1ccc(Sc2ccc([S+](c3ccc(F)cc3)c3ccc(F)cc3)cc2)cc1)c1ccccc1Cl.[F-].[F][Sb]([F])([F])([F])[F]. The van der Waals surface area contributed by atoms with Crippen molar-refractivity contribution < 1.29 is 32.3 Å². The predicted octanol–water partition coefficient (Wildman–Crippen LogP) is 7.82. The fraction of sp³-hybridized carbons (Fsp3) is 0. The van der Waals surface area contributed by atoms with Crippen LogP contribution in [0.25, 0.3) is 0 Å². The van der Waals surface area contributed by atoms with Crippen molar-refractivity contribution in [1.82, 2.24) is 0 Å². The zero-order chi connectivity index (χ0) is 31.2. The Morgan fingerprint density at radius 3 is 1.36 bits per heavy atom. The predicted molar refractivity (Wildman–Crippen MR) is 158 cm³/mol. The summed E-state index contributed by atoms with van der Waals surface area (Å²) in [5.41, 5.74) is 1.06. The molecule has 0 fully saturated rings. The van der Waals surface area contributed by atoms with Crippen molar-refractivity contribution in [3.63, 3.8) is 0 Å². The van der Waals surface area contributed by atoms with Gasteiger partial charge in [-0.15, -0.1) is 0 Å². The summed E-state index contributed by atoms with van der Waals surface area (Å²) in [5.74, 6) is -0.699. The number of benzene rings is 5. The zero-order valence-corrected chi connectivity index (χ0v) is 27.1. The summed E-state index contributed by atoms with van der Waals surface area (Å²) < 4.78 is 76.7. The van der Waals surface area contributed by atoms with Crippen molar-refractivity contribution in [3.05, 3.63) is 149 Å². The Hall–Kier alpha value is -2.98. The van der Waals surface area contributed by atoms with E-state index in [1.54, 1.807) is 60.3 Å². The molecule has 0 aliphatic carbocycles. The molecule has 0 saturated heterocycles. The van der Waals surface area contributed by atoms with Crippen LogP contribution in [0.4, 0.5) is 22.8 Å². The molecule has 0 aliphatic rings. The van der Waals surface area contributed by atoms with Gasteiger partial charge in [0.15, 0.2) is 20.5 Å². The molecule has 5 aromatic carbocycles. The van der Waals surface area contributed by atoms with E-state index in [-0.39, 0.29) is 22.1 Å². The van der Waals surface area contributed by atoms with Gasteiger partial charge < -0.3 is 4.70 Å². The third kappa shape index (κ3) is 10.9. The molecular formula is C31H20ClF8OS2Sb. The van der Waals surface area contributed by atoms with Gasteiger partial charge in [0.2, 0.25) is 0 Å². The van der Waals surface area contributed by atoms with Gasteiger partial charge in [0.05, 0.1) is 15.9 Å². The quantitative estimate of drug-likeness (QED) is 0.0726. The molecule has 44 heavy (non-hydrogen) atoms. The molecule has 5 rings (SSSR count). The molecular weight excluding hydrogens is 762 g/mol. The summed E-state index contributed by atoms with van der Waals surface area (Å²) in [5, 5.41) is 0.436. The third-order valence-electron chi connectivity index (χ3n) is 5.63. The Morgan fingerprint density at radius 2 is 0.955 bits per heavy atom. The molecule has 0 atom stereocenters. The molecule has 0 saturated carbocycles. The first-order chi connectivity index (χ1) is 20.2. The maximum absolute atomic E-state index is 13.6. The standard InChI is InChI=1S/C31H20ClF2OS2.6FH.Sb/c32-30-4-2-1-3-29(30)31(35)21-5-11-24(12-6-21)36-25-13-19-28(20-14-25)37(26-15-7-22(33)8-16-26)27-17-9-23(34)10-18-27;;;;;;;/h1-20H;6*1H;/q+1;;;;;;;+5/p-6. The van der Waals surface area contributed by atoms with Crippen LogP contribution in [-0.2, 0) is 10.9 Å². The van der Waals surface area contributed by atoms with E-state index in [1.807, 2.05) is 48.5 Å². The van der Waals surface area contributed by atoms with Gasteiger partial charge >= 0.3 is 34.4 Å². The van der Waals surface area contributed by atoms with Crippen molar-refractivity contribution in [1.29, 1.82) is 0 Å². The Bertz CT molecular complexity index is 1630. The van der Waals surface area contributed by atoms with Gasteiger partial charge in [-0.05, 0) is 109 Å². The first-order valence-electron chi connectivity index (χ1n) is 12.2. The first kappa shape index (κ1) is 35.5. The molecule has 1 nitrogen and oxygen atoms in total. The van der Waals surface area contributed by atoms with Crippen molar-refractivity contribution in [2.45, 2.75) is 24.5 Å². The Morgan fingerprint density at radius 1 is 0.591 bits per heavy atom. The van der Waals surface area contributed by atoms with Crippen molar-refractivity contribution >= 4 is 60.3 Å². The summed E-state index contributed by atoms with van der Waals surface area (Å²) in [7, 11) is -0.505. The molecule has 0 spiro atoms. The number of hydrogen-bond donors (Lipinski definition) is 0. The number of carbonyl (C=O) groups is 1. The first-order valence-corrected chi connectivity index (χ1v) is 19.5. The van der Waals surface area contributed by atoms with E-state index >= 15 is 0 Å². The van der Waals surface area contributed by atoms with E-state index < -0.39 is 31.2 Å². The average Bonchev–Trinajstić information content (AvgIpc) is 2.95. The number of halogens is 9. The molecule has 0 unspecified atom stereocenters. The van der Waals surface area contributed by atoms with E-state index in [0.717, 1.165) is 24.5 Å². The third-order valence-corrected chi connectivity index (χ3v) is 9.20. The van der Waals surface area contributed by atoms with Crippen LogP contribution < -0.4 is 4.70 Å². The van der Waals surface area contributed by atoms with Crippen molar-refractivity contribution in [3.8, 4) is 0 Å². The normalized spacial score (nSPS) is 11.9. The Labute approximate surface area is 264 Å². The summed E-state index contributed by atoms with van der Waals surface area (Å²) >= 11 is -1.42. The average molecular weight is 782 g/mol. The van der Waals surface area contributed by atoms with Gasteiger partial charge in [0, 0.05) is 20.9 Å². The van der Waals surface area contributed by atoms with Gasteiger partial charge in [-0.25, -0.2) is 8.78 Å². The molecule has 0 bridgehead atoms. The van der Waals surface area contributed by atoms with E-state index in [4.69, 9.17) is 11.6 Å². The van der Waals surface area contributed by atoms with Crippen LogP contribution in [0.15, 0.2) is 146 Å². The van der Waals surface area contributed by atoms with Crippen LogP contribution in [-0.4, -0.2) is 26.1 Å². The topological polar surface area (TPSA) is 17.1 Å². The molecule has 0 aromatic heterocycles. The van der Waals surface area contributed by atoms with E-state index in [0.29, 0.717) is 16.1 Å². The van der Waals surface area contributed by atoms with Gasteiger partial charge in [-0.2, -0.15) is 0 Å². The molecule has 230 valence electrons. The van der Waals surface area contributed by atoms with Crippen LogP contribution in [0.5, 0.6) is 0 Å². The summed E-state index contributed by atoms with van der Waals surface area (Å²) in [6, 6.07) is 35.5. The molecule has 0 radical (unpaired) electrons. The number of rotatable bonds is 7. The maximum atomic E-state index is 13.6. The molecule has 0 N–H and O–H groups in total. The Balaban J connectivity index is 0.000000689. The van der Waals surface area contributed by atoms with Crippen LogP contribution in [0, 0.1) is 11.6 Å². The summed E-state index contributed by atoms with van der Waals surface area (Å²) in [6.07, 6.45) is 0. The second-order valence-electron chi connectivity index (χ2n) is 8.76. The molecule has 0 aliphatic heterocycles. The molecule has 5 aromatic rings. The van der Waals surface area contributed by atoms with Gasteiger partial charge in [0.1, 0.15) is 11.6 Å². The number of ketones is 1. The van der Waals surface area contributed by atoms with Crippen LogP contribution in [0.3, 0.4) is 0 Å². The van der Waals surface area contributed by atoms with E-state index in [9.17, 15) is 27.6 Å². The second-order valence-corrected chi connectivity index (χ2v) is 16.0. The van der Waals surface area contributed by atoms with E-state index in [2.05, 4.69) is 0 Å². The van der Waals surface area contributed by atoms with Gasteiger partial charge in [-0.1, -0.05) is 35.5 Å². The molecule has 0 heterocycles. The van der Waals surface area contributed by atoms with Crippen LogP contribution >= 0.6 is 23.4 Å². The zero-order valence-electron chi connectivity index (χ0n) is 22.1. The number of hydrogen-bond acceptors (Lipinski definition) is 2. The summed E-state index contributed by atoms with van der Waals surface area (Å²) in [4.78, 5) is 17.8. The van der Waals surface area contributed by atoms with Crippen molar-refractivity contribution in [2.24, 2.45) is 0 Å². The van der Waals surface area contributed by atoms with Crippen molar-refractivity contribution in [2.75, 3.05) is 0 Å². The fourth-order valence-electron chi connectivity index (χ4n) is 3.80. The second kappa shape index (κ2) is 14.9. The minimum absolute atomic E-state index is 0. The summed E-state index contributed by atoms with van der Waals surface area (Å²) in [6.45, 7) is 0. The van der Waals surface area contributed by atoms with Gasteiger partial charge in [0.25, 0.3) is 0 Å². The number of carbonyl (C=O) groups excluding carboxylic acids is 1. The fourth-order valence-corrected chi connectivity index (χ4v) is 6.88. The van der Waals surface area contributed by atoms with E-state index in [1.165, 1.54) is 24.3 Å². The van der Waals surface area contributed by atoms with Crippen LogP contribution in [0.2, 0.25) is 5.02 Å². The van der Waals surface area contributed by atoms with Gasteiger partial charge in [-0.3, -0.25) is 4.79 Å². The van der Waals surface area contributed by atoms with Crippen LogP contribution in [0.1, 0.15) is 15.9 Å². The monoisotopic (exact) mass is 780 g/mol. The minimum atomic E-state index is -9.19.